The monoisotopic (exact) mass is 259 g/mol. The van der Waals surface area contributed by atoms with Crippen LogP contribution in [0, 0.1) is 6.92 Å². The molecule has 0 bridgehead atoms. The van der Waals surface area contributed by atoms with Crippen LogP contribution in [0.4, 0.5) is 0 Å². The van der Waals surface area contributed by atoms with Crippen LogP contribution in [0.3, 0.4) is 0 Å². The zero-order chi connectivity index (χ0) is 13.8. The van der Waals surface area contributed by atoms with Gasteiger partial charge in [0, 0.05) is 24.9 Å². The van der Waals surface area contributed by atoms with Crippen molar-refractivity contribution in [1.29, 1.82) is 0 Å². The van der Waals surface area contributed by atoms with E-state index in [4.69, 9.17) is 0 Å². The van der Waals surface area contributed by atoms with Gasteiger partial charge in [-0.25, -0.2) is 0 Å². The van der Waals surface area contributed by atoms with Crippen LogP contribution in [0.5, 0.6) is 0 Å². The maximum Gasteiger partial charge on any atom is 0.229 e. The molecule has 1 aliphatic rings. The van der Waals surface area contributed by atoms with E-state index >= 15 is 0 Å². The Bertz CT molecular complexity index is 506. The predicted molar refractivity (Wildman–Crippen MR) is 70.8 cm³/mol. The van der Waals surface area contributed by atoms with Gasteiger partial charge in [-0.15, -0.1) is 0 Å². The van der Waals surface area contributed by atoms with Gasteiger partial charge in [-0.1, -0.05) is 12.1 Å². The molecule has 0 atom stereocenters. The fourth-order valence-corrected chi connectivity index (χ4v) is 2.37. The van der Waals surface area contributed by atoms with Crippen LogP contribution in [0.2, 0.25) is 0 Å². The first-order valence-electron chi connectivity index (χ1n) is 6.49. The first-order valence-corrected chi connectivity index (χ1v) is 6.49. The highest BCUT2D eigenvalue weighted by molar-refractivity contribution is 6.01. The number of carbonyl (C=O) groups is 3. The number of aryl methyl sites for hydroxylation is 2. The first kappa shape index (κ1) is 13.5. The van der Waals surface area contributed by atoms with Crippen LogP contribution < -0.4 is 0 Å². The third-order valence-electron chi connectivity index (χ3n) is 3.49. The number of hydrogen-bond acceptors (Lipinski definition) is 3. The number of hydrogen-bond donors (Lipinski definition) is 0. The Balaban J connectivity index is 1.91. The molecule has 0 radical (unpaired) electrons. The molecule has 19 heavy (non-hydrogen) atoms. The lowest BCUT2D eigenvalue weighted by Crippen LogP contribution is -2.30. The molecule has 2 rings (SSSR count). The summed E-state index contributed by atoms with van der Waals surface area (Å²) < 4.78 is 0. The smallest absolute Gasteiger partial charge is 0.229 e. The molecule has 1 saturated heterocycles. The van der Waals surface area contributed by atoms with Crippen molar-refractivity contribution in [2.45, 2.75) is 32.6 Å². The Hall–Kier alpha value is -1.97. The Kier molecular flexibility index (Phi) is 4.10. The Labute approximate surface area is 112 Å². The van der Waals surface area contributed by atoms with Crippen molar-refractivity contribution in [2.75, 3.05) is 6.54 Å². The van der Waals surface area contributed by atoms with Gasteiger partial charge in [-0.2, -0.15) is 0 Å². The predicted octanol–water partition coefficient (Wildman–Crippen LogP) is 1.89. The largest absolute Gasteiger partial charge is 0.298 e. The molecule has 0 aromatic heterocycles. The normalized spacial score (nSPS) is 15.1. The highest BCUT2D eigenvalue weighted by Gasteiger charge is 2.27. The quantitative estimate of drug-likeness (QED) is 0.599. The maximum atomic E-state index is 11.4. The fraction of sp³-hybridized carbons (Fsp3) is 0.400. The topological polar surface area (TPSA) is 54.5 Å². The van der Waals surface area contributed by atoms with Gasteiger partial charge < -0.3 is 0 Å². The summed E-state index contributed by atoms with van der Waals surface area (Å²) in [4.78, 5) is 34.9. The molecule has 0 aliphatic carbocycles. The molecule has 0 N–H and O–H groups in total. The maximum absolute atomic E-state index is 11.4. The highest BCUT2D eigenvalue weighted by atomic mass is 16.2. The van der Waals surface area contributed by atoms with Crippen LogP contribution in [0.1, 0.15) is 40.7 Å². The zero-order valence-electron chi connectivity index (χ0n) is 11.0. The van der Waals surface area contributed by atoms with Crippen LogP contribution in [-0.2, 0) is 16.0 Å². The highest BCUT2D eigenvalue weighted by Crippen LogP contribution is 2.15. The van der Waals surface area contributed by atoms with Gasteiger partial charge in [-0.3, -0.25) is 19.3 Å². The first-order chi connectivity index (χ1) is 9.11. The Morgan fingerprint density at radius 2 is 1.89 bits per heavy atom. The van der Waals surface area contributed by atoms with Gasteiger partial charge in [0.2, 0.25) is 11.8 Å². The molecule has 1 aromatic carbocycles. The minimum atomic E-state index is -0.0574. The minimum absolute atomic E-state index is 0.0574. The molecule has 1 fully saturated rings. The van der Waals surface area contributed by atoms with Crippen molar-refractivity contribution in [3.05, 3.63) is 34.9 Å². The third-order valence-corrected chi connectivity index (χ3v) is 3.49. The molecular formula is C15H17NO3. The van der Waals surface area contributed by atoms with Gasteiger partial charge in [0.25, 0.3) is 0 Å². The molecule has 4 nitrogen and oxygen atoms in total. The molecule has 1 heterocycles. The lowest BCUT2D eigenvalue weighted by molar-refractivity contribution is -0.138. The Morgan fingerprint density at radius 3 is 2.47 bits per heavy atom. The van der Waals surface area contributed by atoms with E-state index in [1.807, 2.05) is 19.1 Å². The summed E-state index contributed by atoms with van der Waals surface area (Å²) in [6.07, 6.45) is 3.11. The molecule has 2 amide bonds. The standard InChI is InChI=1S/C15H17NO3/c1-11-9-12(10-17)4-5-13(11)3-2-8-16-14(18)6-7-15(16)19/h4-5,9-10H,2-3,6-8H2,1H3. The van der Waals surface area contributed by atoms with Crippen LogP contribution in [-0.4, -0.2) is 29.5 Å². The van der Waals surface area contributed by atoms with Crippen molar-refractivity contribution in [1.82, 2.24) is 4.90 Å². The van der Waals surface area contributed by atoms with Crippen LogP contribution in [0.15, 0.2) is 18.2 Å². The van der Waals surface area contributed by atoms with Crippen molar-refractivity contribution >= 4 is 18.1 Å². The molecule has 1 aliphatic heterocycles. The number of rotatable bonds is 5. The summed E-state index contributed by atoms with van der Waals surface area (Å²) in [5, 5.41) is 0. The minimum Gasteiger partial charge on any atom is -0.298 e. The summed E-state index contributed by atoms with van der Waals surface area (Å²) in [5.74, 6) is -0.115. The number of aldehydes is 1. The summed E-state index contributed by atoms with van der Waals surface area (Å²) in [7, 11) is 0. The van der Waals surface area contributed by atoms with Crippen molar-refractivity contribution in [3.63, 3.8) is 0 Å². The van der Waals surface area contributed by atoms with Gasteiger partial charge >= 0.3 is 0 Å². The summed E-state index contributed by atoms with van der Waals surface area (Å²) in [5.41, 5.74) is 2.90. The fourth-order valence-electron chi connectivity index (χ4n) is 2.37. The number of carbonyl (C=O) groups excluding carboxylic acids is 3. The SMILES string of the molecule is Cc1cc(C=O)ccc1CCCN1C(=O)CCC1=O. The number of nitrogens with zero attached hydrogens (tertiary/aromatic N) is 1. The van der Waals surface area contributed by atoms with Gasteiger partial charge in [0.05, 0.1) is 0 Å². The molecular weight excluding hydrogens is 242 g/mol. The van der Waals surface area contributed by atoms with E-state index in [1.165, 1.54) is 4.90 Å². The average Bonchev–Trinajstić information content (AvgIpc) is 2.72. The summed E-state index contributed by atoms with van der Waals surface area (Å²) in [6, 6.07) is 5.59. The van der Waals surface area contributed by atoms with E-state index in [2.05, 4.69) is 0 Å². The lowest BCUT2D eigenvalue weighted by atomic mass is 10.0. The van der Waals surface area contributed by atoms with Crippen molar-refractivity contribution in [3.8, 4) is 0 Å². The van der Waals surface area contributed by atoms with Crippen LogP contribution >= 0.6 is 0 Å². The third kappa shape index (κ3) is 3.08. The van der Waals surface area contributed by atoms with Gasteiger partial charge in [0.1, 0.15) is 6.29 Å². The molecule has 0 spiro atoms. The summed E-state index contributed by atoms with van der Waals surface area (Å²) >= 11 is 0. The van der Waals surface area contributed by atoms with E-state index in [0.29, 0.717) is 24.9 Å². The van der Waals surface area contributed by atoms with Gasteiger partial charge in [0.15, 0.2) is 0 Å². The Morgan fingerprint density at radius 1 is 1.21 bits per heavy atom. The second-order valence-electron chi connectivity index (χ2n) is 4.85. The molecule has 4 heteroatoms. The van der Waals surface area contributed by atoms with Crippen molar-refractivity contribution in [2.24, 2.45) is 0 Å². The van der Waals surface area contributed by atoms with E-state index in [0.717, 1.165) is 30.3 Å². The second kappa shape index (κ2) is 5.78. The van der Waals surface area contributed by atoms with E-state index in [9.17, 15) is 14.4 Å². The van der Waals surface area contributed by atoms with Crippen LogP contribution in [0.25, 0.3) is 0 Å². The average molecular weight is 259 g/mol. The van der Waals surface area contributed by atoms with E-state index in [1.54, 1.807) is 6.07 Å². The molecule has 1 aromatic rings. The lowest BCUT2D eigenvalue weighted by Gasteiger charge is -2.14. The van der Waals surface area contributed by atoms with E-state index < -0.39 is 0 Å². The number of likely N-dealkylation sites (tertiary alicyclic amines) is 1. The molecule has 0 unspecified atom stereocenters. The zero-order valence-corrected chi connectivity index (χ0v) is 11.0. The second-order valence-corrected chi connectivity index (χ2v) is 4.85. The van der Waals surface area contributed by atoms with E-state index in [-0.39, 0.29) is 11.8 Å². The van der Waals surface area contributed by atoms with Crippen molar-refractivity contribution < 1.29 is 14.4 Å². The summed E-state index contributed by atoms with van der Waals surface area (Å²) in [6.45, 7) is 2.46. The number of benzene rings is 1. The number of amides is 2. The molecule has 100 valence electrons. The van der Waals surface area contributed by atoms with Gasteiger partial charge in [-0.05, 0) is 37.0 Å². The number of imide groups is 1. The molecule has 0 saturated carbocycles.